The highest BCUT2D eigenvalue weighted by atomic mass is 79.9. The van der Waals surface area contributed by atoms with Gasteiger partial charge in [0.05, 0.1) is 10.7 Å². The summed E-state index contributed by atoms with van der Waals surface area (Å²) < 4.78 is 2.28. The topological polar surface area (TPSA) is 60.9 Å². The Hall–Kier alpha value is -0.680. The van der Waals surface area contributed by atoms with Gasteiger partial charge in [0.1, 0.15) is 5.69 Å². The van der Waals surface area contributed by atoms with Crippen LogP contribution in [-0.2, 0) is 7.05 Å². The maximum atomic E-state index is 12.4. The van der Waals surface area contributed by atoms with E-state index in [9.17, 15) is 4.79 Å². The third-order valence-electron chi connectivity index (χ3n) is 3.29. The first kappa shape index (κ1) is 13.4. The highest BCUT2D eigenvalue weighted by Gasteiger charge is 2.42. The molecule has 0 radical (unpaired) electrons. The van der Waals surface area contributed by atoms with Crippen molar-refractivity contribution in [3.8, 4) is 0 Å². The van der Waals surface area contributed by atoms with Gasteiger partial charge in [-0.05, 0) is 29.8 Å². The Morgan fingerprint density at radius 2 is 1.94 bits per heavy atom. The van der Waals surface area contributed by atoms with Gasteiger partial charge >= 0.3 is 0 Å². The van der Waals surface area contributed by atoms with Crippen LogP contribution in [0.5, 0.6) is 0 Å². The van der Waals surface area contributed by atoms with Crippen molar-refractivity contribution >= 4 is 21.7 Å². The van der Waals surface area contributed by atoms with E-state index in [0.29, 0.717) is 10.2 Å². The summed E-state index contributed by atoms with van der Waals surface area (Å²) >= 11 is 3.33. The maximum absolute atomic E-state index is 12.4. The number of hydrogen-bond donors (Lipinski definition) is 1. The molecule has 0 aliphatic rings. The minimum Gasteiger partial charge on any atom is -0.325 e. The van der Waals surface area contributed by atoms with Gasteiger partial charge in [0.15, 0.2) is 5.78 Å². The first-order valence-corrected chi connectivity index (χ1v) is 5.89. The van der Waals surface area contributed by atoms with Crippen molar-refractivity contribution in [1.82, 2.24) is 9.78 Å². The molecule has 0 spiro atoms. The Morgan fingerprint density at radius 3 is 2.25 bits per heavy atom. The summed E-state index contributed by atoms with van der Waals surface area (Å²) in [5.74, 6) is -0.00752. The molecule has 5 heteroatoms. The molecule has 0 aliphatic carbocycles. The predicted molar refractivity (Wildman–Crippen MR) is 67.3 cm³/mol. The first-order chi connectivity index (χ1) is 7.09. The average molecular weight is 288 g/mol. The molecule has 0 amide bonds. The number of aryl methyl sites for hydroxylation is 1. The summed E-state index contributed by atoms with van der Waals surface area (Å²) in [7, 11) is 1.75. The van der Waals surface area contributed by atoms with E-state index < -0.39 is 11.0 Å². The molecule has 0 aliphatic heterocycles. The van der Waals surface area contributed by atoms with Crippen LogP contribution in [0.3, 0.4) is 0 Å². The summed E-state index contributed by atoms with van der Waals surface area (Å²) in [6.45, 7) is 7.42. The number of hydrogen-bond acceptors (Lipinski definition) is 3. The Kier molecular flexibility index (Phi) is 3.32. The number of carbonyl (C=O) groups is 1. The predicted octanol–water partition coefficient (Wildman–Crippen LogP) is 2.13. The largest absolute Gasteiger partial charge is 0.325 e. The second-order valence-electron chi connectivity index (χ2n) is 5.14. The Balaban J connectivity index is 3.23. The van der Waals surface area contributed by atoms with Gasteiger partial charge in [0.2, 0.25) is 0 Å². The molecule has 2 N–H and O–H groups in total. The van der Waals surface area contributed by atoms with Crippen molar-refractivity contribution in [1.29, 1.82) is 0 Å². The fraction of sp³-hybridized carbons (Fsp3) is 0.636. The van der Waals surface area contributed by atoms with Crippen molar-refractivity contribution in [2.45, 2.75) is 33.2 Å². The average Bonchev–Trinajstić information content (AvgIpc) is 2.43. The molecule has 1 rings (SSSR count). The first-order valence-electron chi connectivity index (χ1n) is 5.10. The molecule has 0 saturated heterocycles. The molecule has 0 atom stereocenters. The third kappa shape index (κ3) is 2.06. The fourth-order valence-electron chi connectivity index (χ4n) is 1.25. The summed E-state index contributed by atoms with van der Waals surface area (Å²) in [6.07, 6.45) is 1.62. The van der Waals surface area contributed by atoms with E-state index in [1.54, 1.807) is 17.9 Å². The fourth-order valence-corrected chi connectivity index (χ4v) is 1.78. The molecule has 90 valence electrons. The number of rotatable bonds is 3. The van der Waals surface area contributed by atoms with Crippen LogP contribution in [0, 0.1) is 5.41 Å². The van der Waals surface area contributed by atoms with Gasteiger partial charge in [-0.3, -0.25) is 9.48 Å². The lowest BCUT2D eigenvalue weighted by Crippen LogP contribution is -2.52. The molecule has 1 aromatic rings. The highest BCUT2D eigenvalue weighted by molar-refractivity contribution is 9.10. The van der Waals surface area contributed by atoms with Gasteiger partial charge in [-0.15, -0.1) is 0 Å². The quantitative estimate of drug-likeness (QED) is 0.867. The molecule has 16 heavy (non-hydrogen) atoms. The van der Waals surface area contributed by atoms with Gasteiger partial charge in [-0.25, -0.2) is 0 Å². The minimum absolute atomic E-state index is 0.00752. The lowest BCUT2D eigenvalue weighted by Gasteiger charge is -2.36. The number of Topliss-reactive ketones (excluding diaryl/α,β-unsaturated/α-hetero) is 1. The molecular weight excluding hydrogens is 270 g/mol. The summed E-state index contributed by atoms with van der Waals surface area (Å²) in [6, 6.07) is 0. The summed E-state index contributed by atoms with van der Waals surface area (Å²) in [4.78, 5) is 12.4. The van der Waals surface area contributed by atoms with Crippen LogP contribution in [0.1, 0.15) is 38.2 Å². The van der Waals surface area contributed by atoms with Crippen LogP contribution in [0.25, 0.3) is 0 Å². The number of aromatic nitrogens is 2. The van der Waals surface area contributed by atoms with Gasteiger partial charge in [0, 0.05) is 18.0 Å². The van der Waals surface area contributed by atoms with Crippen molar-refractivity contribution < 1.29 is 4.79 Å². The number of nitrogens with zero attached hydrogens (tertiary/aromatic N) is 2. The molecule has 0 bridgehead atoms. The van der Waals surface area contributed by atoms with Crippen LogP contribution in [0.4, 0.5) is 0 Å². The number of ketones is 1. The maximum Gasteiger partial charge on any atom is 0.189 e. The minimum atomic E-state index is -0.649. The van der Waals surface area contributed by atoms with Gasteiger partial charge in [0.25, 0.3) is 0 Å². The van der Waals surface area contributed by atoms with Crippen LogP contribution in [0.2, 0.25) is 0 Å². The lowest BCUT2D eigenvalue weighted by molar-refractivity contribution is 0.0723. The standard InChI is InChI=1S/C11H18BrN3O/c1-10(2,11(3,4)13)9(16)8-7(12)6-14-15(8)5/h6H,13H2,1-5H3. The van der Waals surface area contributed by atoms with Crippen molar-refractivity contribution in [2.24, 2.45) is 18.2 Å². The Labute approximate surface area is 104 Å². The lowest BCUT2D eigenvalue weighted by atomic mass is 9.71. The molecule has 1 heterocycles. The third-order valence-corrected chi connectivity index (χ3v) is 3.87. The van der Waals surface area contributed by atoms with E-state index in [4.69, 9.17) is 5.73 Å². The van der Waals surface area contributed by atoms with Crippen molar-refractivity contribution in [3.05, 3.63) is 16.4 Å². The molecule has 4 nitrogen and oxygen atoms in total. The molecule has 0 saturated carbocycles. The Morgan fingerprint density at radius 1 is 1.44 bits per heavy atom. The zero-order valence-electron chi connectivity index (χ0n) is 10.3. The zero-order valence-corrected chi connectivity index (χ0v) is 11.9. The van der Waals surface area contributed by atoms with E-state index in [2.05, 4.69) is 21.0 Å². The van der Waals surface area contributed by atoms with E-state index in [0.717, 1.165) is 0 Å². The van der Waals surface area contributed by atoms with Crippen LogP contribution < -0.4 is 5.73 Å². The number of carbonyl (C=O) groups excluding carboxylic acids is 1. The zero-order chi connectivity index (χ0) is 12.7. The number of nitrogens with two attached hydrogens (primary N) is 1. The van der Waals surface area contributed by atoms with Gasteiger partial charge < -0.3 is 5.73 Å². The van der Waals surface area contributed by atoms with Crippen LogP contribution in [0.15, 0.2) is 10.7 Å². The van der Waals surface area contributed by atoms with Crippen molar-refractivity contribution in [3.63, 3.8) is 0 Å². The van der Waals surface area contributed by atoms with E-state index in [1.165, 1.54) is 0 Å². The molecule has 0 aromatic carbocycles. The van der Waals surface area contributed by atoms with Crippen LogP contribution in [-0.4, -0.2) is 21.1 Å². The van der Waals surface area contributed by atoms with Gasteiger partial charge in [-0.1, -0.05) is 13.8 Å². The van der Waals surface area contributed by atoms with Gasteiger partial charge in [-0.2, -0.15) is 5.10 Å². The monoisotopic (exact) mass is 287 g/mol. The smallest absolute Gasteiger partial charge is 0.189 e. The van der Waals surface area contributed by atoms with E-state index in [-0.39, 0.29) is 5.78 Å². The van der Waals surface area contributed by atoms with E-state index in [1.807, 2.05) is 27.7 Å². The number of halogens is 1. The highest BCUT2D eigenvalue weighted by Crippen LogP contribution is 2.34. The SMILES string of the molecule is Cn1ncc(Br)c1C(=O)C(C)(C)C(C)(C)N. The van der Waals surface area contributed by atoms with Crippen molar-refractivity contribution in [2.75, 3.05) is 0 Å². The normalized spacial score (nSPS) is 12.9. The Bertz CT molecular complexity index is 396. The molecule has 1 aromatic heterocycles. The molecule has 0 unspecified atom stereocenters. The molecule has 0 fully saturated rings. The molecular formula is C11H18BrN3O. The second kappa shape index (κ2) is 3.96. The van der Waals surface area contributed by atoms with E-state index >= 15 is 0 Å². The second-order valence-corrected chi connectivity index (χ2v) is 5.99. The summed E-state index contributed by atoms with van der Waals surface area (Å²) in [5, 5.41) is 4.04. The van der Waals surface area contributed by atoms with Crippen LogP contribution >= 0.6 is 15.9 Å². The summed E-state index contributed by atoms with van der Waals surface area (Å²) in [5.41, 5.74) is 5.37.